The highest BCUT2D eigenvalue weighted by atomic mass is 19.1. The summed E-state index contributed by atoms with van der Waals surface area (Å²) in [5.41, 5.74) is 8.65. The second-order valence-corrected chi connectivity index (χ2v) is 9.17. The van der Waals surface area contributed by atoms with Crippen molar-refractivity contribution in [3.8, 4) is 33.9 Å². The van der Waals surface area contributed by atoms with Crippen LogP contribution in [0.15, 0.2) is 61.2 Å². The maximum absolute atomic E-state index is 14.1. The molecule has 2 N–H and O–H groups in total. The van der Waals surface area contributed by atoms with Gasteiger partial charge in [0, 0.05) is 36.3 Å². The van der Waals surface area contributed by atoms with E-state index in [-0.39, 0.29) is 5.82 Å². The van der Waals surface area contributed by atoms with Gasteiger partial charge in [-0.25, -0.2) is 14.4 Å². The Morgan fingerprint density at radius 2 is 1.72 bits per heavy atom. The first-order chi connectivity index (χ1) is 17.4. The number of hydrogen-bond acceptors (Lipinski definition) is 6. The van der Waals surface area contributed by atoms with Crippen molar-refractivity contribution in [3.05, 3.63) is 78.1 Å². The van der Waals surface area contributed by atoms with E-state index in [9.17, 15) is 4.39 Å². The maximum atomic E-state index is 14.1. The van der Waals surface area contributed by atoms with E-state index in [0.717, 1.165) is 51.1 Å². The molecule has 1 aromatic carbocycles. The first-order valence-corrected chi connectivity index (χ1v) is 11.5. The number of aromatic nitrogens is 7. The van der Waals surface area contributed by atoms with Gasteiger partial charge in [0.25, 0.3) is 0 Å². The van der Waals surface area contributed by atoms with E-state index in [4.69, 9.17) is 9.97 Å². The lowest BCUT2D eigenvalue weighted by Crippen LogP contribution is -2.10. The summed E-state index contributed by atoms with van der Waals surface area (Å²) in [5, 5.41) is 7.55. The van der Waals surface area contributed by atoms with Crippen molar-refractivity contribution in [3.63, 3.8) is 0 Å². The summed E-state index contributed by atoms with van der Waals surface area (Å²) in [5.74, 6) is 0.264. The molecular weight excluding hydrogens is 455 g/mol. The lowest BCUT2D eigenvalue weighted by Gasteiger charge is -2.10. The van der Waals surface area contributed by atoms with Crippen molar-refractivity contribution in [2.45, 2.75) is 13.5 Å². The number of hydrogen-bond donors (Lipinski definition) is 2. The zero-order valence-electron chi connectivity index (χ0n) is 20.0. The maximum Gasteiger partial charge on any atom is 0.161 e. The molecule has 0 radical (unpaired) electrons. The Morgan fingerprint density at radius 3 is 2.56 bits per heavy atom. The molecule has 0 unspecified atom stereocenters. The standard InChI is InChI=1S/C27H23FN8/c1-15-6-17(9-19(28)7-15)20-12-30-13-23-24(20)33-27(32-23)26-25-22(34-35-26)5-4-21(31-25)18-8-16(10-29-11-18)14-36(2)3/h4-13H,14H2,1-3H3,(H,32,33)(H,34,35). The van der Waals surface area contributed by atoms with Crippen LogP contribution in [-0.4, -0.2) is 54.1 Å². The van der Waals surface area contributed by atoms with Gasteiger partial charge in [0.1, 0.15) is 11.3 Å². The number of pyridine rings is 3. The Bertz CT molecular complexity index is 1710. The highest BCUT2D eigenvalue weighted by Gasteiger charge is 2.17. The molecule has 0 saturated carbocycles. The fourth-order valence-electron chi connectivity index (χ4n) is 4.45. The van der Waals surface area contributed by atoms with Gasteiger partial charge < -0.3 is 9.88 Å². The minimum atomic E-state index is -0.295. The highest BCUT2D eigenvalue weighted by Crippen LogP contribution is 2.32. The smallest absolute Gasteiger partial charge is 0.161 e. The van der Waals surface area contributed by atoms with Gasteiger partial charge in [-0.05, 0) is 68.0 Å². The lowest BCUT2D eigenvalue weighted by atomic mass is 10.0. The van der Waals surface area contributed by atoms with Crippen LogP contribution < -0.4 is 0 Å². The number of aryl methyl sites for hydroxylation is 1. The Labute approximate surface area is 206 Å². The van der Waals surface area contributed by atoms with Gasteiger partial charge in [-0.2, -0.15) is 5.10 Å². The molecule has 6 rings (SSSR count). The summed E-state index contributed by atoms with van der Waals surface area (Å²) in [6, 6.07) is 10.9. The van der Waals surface area contributed by atoms with Gasteiger partial charge in [-0.3, -0.25) is 15.1 Å². The Morgan fingerprint density at radius 1 is 0.861 bits per heavy atom. The van der Waals surface area contributed by atoms with Crippen LogP contribution in [0.1, 0.15) is 11.1 Å². The predicted octanol–water partition coefficient (Wildman–Crippen LogP) is 5.13. The molecule has 0 aliphatic heterocycles. The summed E-state index contributed by atoms with van der Waals surface area (Å²) in [4.78, 5) is 23.9. The molecule has 0 aliphatic rings. The molecule has 0 spiro atoms. The fourth-order valence-corrected chi connectivity index (χ4v) is 4.45. The molecule has 5 aromatic heterocycles. The molecule has 178 valence electrons. The van der Waals surface area contributed by atoms with Crippen molar-refractivity contribution < 1.29 is 4.39 Å². The van der Waals surface area contributed by atoms with Crippen LogP contribution in [0.2, 0.25) is 0 Å². The zero-order valence-corrected chi connectivity index (χ0v) is 20.0. The Kier molecular flexibility index (Phi) is 5.26. The molecule has 0 atom stereocenters. The first kappa shape index (κ1) is 22.0. The van der Waals surface area contributed by atoms with Gasteiger partial charge in [-0.1, -0.05) is 6.07 Å². The number of fused-ring (bicyclic) bond motifs is 2. The Balaban J connectivity index is 1.45. The normalized spacial score (nSPS) is 11.7. The van der Waals surface area contributed by atoms with Crippen LogP contribution >= 0.6 is 0 Å². The summed E-state index contributed by atoms with van der Waals surface area (Å²) in [7, 11) is 4.05. The number of benzene rings is 1. The number of H-pyrrole nitrogens is 2. The van der Waals surface area contributed by atoms with E-state index in [1.165, 1.54) is 12.1 Å². The lowest BCUT2D eigenvalue weighted by molar-refractivity contribution is 0.402. The summed E-state index contributed by atoms with van der Waals surface area (Å²) >= 11 is 0. The van der Waals surface area contributed by atoms with E-state index in [1.54, 1.807) is 12.4 Å². The van der Waals surface area contributed by atoms with Crippen molar-refractivity contribution in [1.29, 1.82) is 0 Å². The minimum absolute atomic E-state index is 0.295. The van der Waals surface area contributed by atoms with Crippen LogP contribution in [0.3, 0.4) is 0 Å². The van der Waals surface area contributed by atoms with Crippen molar-refractivity contribution in [2.75, 3.05) is 14.1 Å². The second-order valence-electron chi connectivity index (χ2n) is 9.17. The third kappa shape index (κ3) is 3.99. The summed E-state index contributed by atoms with van der Waals surface area (Å²) in [6.45, 7) is 2.65. The molecule has 36 heavy (non-hydrogen) atoms. The van der Waals surface area contributed by atoms with Gasteiger partial charge in [-0.15, -0.1) is 0 Å². The van der Waals surface area contributed by atoms with Crippen molar-refractivity contribution in [2.24, 2.45) is 0 Å². The molecule has 9 heteroatoms. The monoisotopic (exact) mass is 478 g/mol. The van der Waals surface area contributed by atoms with Crippen LogP contribution in [-0.2, 0) is 6.54 Å². The van der Waals surface area contributed by atoms with Crippen LogP contribution in [0.4, 0.5) is 4.39 Å². The van der Waals surface area contributed by atoms with E-state index in [2.05, 4.69) is 36.1 Å². The molecule has 0 fully saturated rings. The van der Waals surface area contributed by atoms with E-state index in [1.807, 2.05) is 51.6 Å². The predicted molar refractivity (Wildman–Crippen MR) is 138 cm³/mol. The van der Waals surface area contributed by atoms with Gasteiger partial charge in [0.15, 0.2) is 11.5 Å². The average molecular weight is 479 g/mol. The molecule has 0 saturated heterocycles. The largest absolute Gasteiger partial charge is 0.335 e. The number of halogens is 1. The third-order valence-corrected chi connectivity index (χ3v) is 5.97. The molecule has 6 aromatic rings. The van der Waals surface area contributed by atoms with Crippen LogP contribution in [0.25, 0.3) is 56.0 Å². The SMILES string of the molecule is Cc1cc(F)cc(-c2cncc3[nH]c(-c4n[nH]c5ccc(-c6cncc(CN(C)C)c6)nc45)nc23)c1. The number of nitrogens with one attached hydrogen (secondary N) is 2. The van der Waals surface area contributed by atoms with Gasteiger partial charge >= 0.3 is 0 Å². The van der Waals surface area contributed by atoms with E-state index < -0.39 is 0 Å². The zero-order chi connectivity index (χ0) is 24.8. The molecular formula is C27H23FN8. The summed E-state index contributed by atoms with van der Waals surface area (Å²) in [6.07, 6.45) is 7.09. The van der Waals surface area contributed by atoms with Crippen LogP contribution in [0.5, 0.6) is 0 Å². The Hall–Kier alpha value is -4.50. The third-order valence-electron chi connectivity index (χ3n) is 5.97. The quantitative estimate of drug-likeness (QED) is 0.356. The highest BCUT2D eigenvalue weighted by molar-refractivity contribution is 5.95. The average Bonchev–Trinajstić information content (AvgIpc) is 3.46. The topological polar surface area (TPSA) is 99.3 Å². The molecule has 0 amide bonds. The second kappa shape index (κ2) is 8.62. The number of imidazole rings is 1. The van der Waals surface area contributed by atoms with Gasteiger partial charge in [0.2, 0.25) is 0 Å². The molecule has 0 bridgehead atoms. The number of aromatic amines is 2. The number of rotatable bonds is 5. The van der Waals surface area contributed by atoms with Crippen molar-refractivity contribution >= 4 is 22.1 Å². The molecule has 8 nitrogen and oxygen atoms in total. The van der Waals surface area contributed by atoms with E-state index in [0.29, 0.717) is 22.6 Å². The summed E-state index contributed by atoms with van der Waals surface area (Å²) < 4.78 is 14.1. The van der Waals surface area contributed by atoms with Crippen molar-refractivity contribution in [1.82, 2.24) is 40.0 Å². The molecule has 0 aliphatic carbocycles. The van der Waals surface area contributed by atoms with E-state index >= 15 is 0 Å². The molecule has 5 heterocycles. The minimum Gasteiger partial charge on any atom is -0.335 e. The van der Waals surface area contributed by atoms with Crippen LogP contribution in [0, 0.1) is 12.7 Å². The van der Waals surface area contributed by atoms with Gasteiger partial charge in [0.05, 0.1) is 28.4 Å². The first-order valence-electron chi connectivity index (χ1n) is 11.5. The fraction of sp³-hybridized carbons (Fsp3) is 0.148. The number of nitrogens with zero attached hydrogens (tertiary/aromatic N) is 6.